The van der Waals surface area contributed by atoms with E-state index in [1.807, 2.05) is 21.2 Å². The zero-order chi connectivity index (χ0) is 15.6. The number of nitrogens with one attached hydrogen (secondary N) is 2. The molecular formula is C10H11BrF2N2O4S. The van der Waals surface area contributed by atoms with Gasteiger partial charge in [0.15, 0.2) is 0 Å². The second-order valence-electron chi connectivity index (χ2n) is 3.74. The fourth-order valence-corrected chi connectivity index (χ4v) is 1.92. The van der Waals surface area contributed by atoms with Gasteiger partial charge in [-0.05, 0) is 12.1 Å². The Balaban J connectivity index is 3.01. The average Bonchev–Trinajstić information content (AvgIpc) is 2.27. The first-order chi connectivity index (χ1) is 9.03. The second kappa shape index (κ2) is 5.92. The van der Waals surface area contributed by atoms with Gasteiger partial charge in [-0.2, -0.15) is 8.78 Å². The van der Waals surface area contributed by atoms with Crippen molar-refractivity contribution in [3.05, 3.63) is 18.2 Å². The number of halogens is 3. The smallest absolute Gasteiger partial charge is 0.378 e. The molecule has 0 saturated heterocycles. The minimum atomic E-state index is -3.70. The number of anilines is 2. The predicted molar refractivity (Wildman–Crippen MR) is 74.0 cm³/mol. The maximum absolute atomic E-state index is 12.7. The van der Waals surface area contributed by atoms with Crippen molar-refractivity contribution in [2.24, 2.45) is 0 Å². The number of amides is 1. The first kappa shape index (κ1) is 16.6. The molecule has 0 saturated carbocycles. The van der Waals surface area contributed by atoms with Gasteiger partial charge in [0.05, 0.1) is 19.1 Å². The molecule has 0 spiro atoms. The highest BCUT2D eigenvalue weighted by molar-refractivity contribution is 9.10. The van der Waals surface area contributed by atoms with E-state index in [4.69, 9.17) is 4.74 Å². The summed E-state index contributed by atoms with van der Waals surface area (Å²) in [5.74, 6) is -1.48. The van der Waals surface area contributed by atoms with E-state index in [2.05, 4.69) is 4.72 Å². The minimum Gasteiger partial charge on any atom is -0.494 e. The number of rotatable bonds is 5. The molecule has 1 aromatic carbocycles. The van der Waals surface area contributed by atoms with E-state index in [0.717, 1.165) is 6.26 Å². The second-order valence-corrected chi connectivity index (χ2v) is 6.49. The SMILES string of the molecule is COc1cc(NC(=O)C(F)(F)Br)ccc1NS(C)(=O)=O. The third-order valence-electron chi connectivity index (χ3n) is 2.01. The van der Waals surface area contributed by atoms with Crippen molar-refractivity contribution in [1.82, 2.24) is 0 Å². The lowest BCUT2D eigenvalue weighted by Crippen LogP contribution is -2.28. The van der Waals surface area contributed by atoms with Gasteiger partial charge in [-0.3, -0.25) is 9.52 Å². The van der Waals surface area contributed by atoms with E-state index < -0.39 is 20.8 Å². The first-order valence-corrected chi connectivity index (χ1v) is 7.75. The van der Waals surface area contributed by atoms with Gasteiger partial charge in [0.25, 0.3) is 0 Å². The topological polar surface area (TPSA) is 84.5 Å². The molecule has 0 atom stereocenters. The first-order valence-electron chi connectivity index (χ1n) is 5.07. The molecule has 1 amide bonds. The lowest BCUT2D eigenvalue weighted by Gasteiger charge is -2.13. The quantitative estimate of drug-likeness (QED) is 0.774. The molecule has 112 valence electrons. The molecule has 1 aromatic rings. The van der Waals surface area contributed by atoms with Crippen LogP contribution in [0.25, 0.3) is 0 Å². The summed E-state index contributed by atoms with van der Waals surface area (Å²) in [6.45, 7) is 0. The molecule has 2 N–H and O–H groups in total. The van der Waals surface area contributed by atoms with Crippen LogP contribution >= 0.6 is 15.9 Å². The summed E-state index contributed by atoms with van der Waals surface area (Å²) in [5, 5.41) is 1.95. The maximum atomic E-state index is 12.7. The lowest BCUT2D eigenvalue weighted by molar-refractivity contribution is -0.128. The Kier molecular flexibility index (Phi) is 4.92. The van der Waals surface area contributed by atoms with Gasteiger partial charge in [-0.1, -0.05) is 0 Å². The van der Waals surface area contributed by atoms with Crippen LogP contribution in [0.2, 0.25) is 0 Å². The molecular weight excluding hydrogens is 362 g/mol. The molecule has 10 heteroatoms. The number of methoxy groups -OCH3 is 1. The highest BCUT2D eigenvalue weighted by Gasteiger charge is 2.35. The van der Waals surface area contributed by atoms with Crippen molar-refractivity contribution in [2.75, 3.05) is 23.4 Å². The molecule has 0 unspecified atom stereocenters. The van der Waals surface area contributed by atoms with Gasteiger partial charge in [0.1, 0.15) is 5.75 Å². The summed E-state index contributed by atoms with van der Waals surface area (Å²) >= 11 is 1.92. The third-order valence-corrected chi connectivity index (χ3v) is 2.96. The van der Waals surface area contributed by atoms with E-state index in [0.29, 0.717) is 0 Å². The van der Waals surface area contributed by atoms with Gasteiger partial charge in [0, 0.05) is 27.7 Å². The van der Waals surface area contributed by atoms with Crippen LogP contribution in [0.3, 0.4) is 0 Å². The predicted octanol–water partition coefficient (Wildman–Crippen LogP) is 1.99. The molecule has 0 bridgehead atoms. The van der Waals surface area contributed by atoms with Gasteiger partial charge in [-0.15, -0.1) is 0 Å². The number of carbonyl (C=O) groups is 1. The minimum absolute atomic E-state index is 0.0324. The van der Waals surface area contributed by atoms with Gasteiger partial charge < -0.3 is 10.1 Å². The standard InChI is InChI=1S/C10H11BrF2N2O4S/c1-19-8-5-6(14-9(16)10(11,12)13)3-4-7(8)15-20(2,17)18/h3-5,15H,1-2H3,(H,14,16). The van der Waals surface area contributed by atoms with Crippen LogP contribution in [0.4, 0.5) is 20.2 Å². The van der Waals surface area contributed by atoms with Gasteiger partial charge in [0.2, 0.25) is 10.0 Å². The number of ether oxygens (including phenoxy) is 1. The monoisotopic (exact) mass is 372 g/mol. The summed E-state index contributed by atoms with van der Waals surface area (Å²) in [6, 6.07) is 3.75. The Hall–Kier alpha value is -1.42. The largest absolute Gasteiger partial charge is 0.494 e. The molecule has 0 heterocycles. The number of benzene rings is 1. The molecule has 0 aliphatic rings. The van der Waals surface area contributed by atoms with Crippen LogP contribution in [-0.2, 0) is 14.8 Å². The van der Waals surface area contributed by atoms with Crippen molar-refractivity contribution in [2.45, 2.75) is 4.83 Å². The molecule has 0 fully saturated rings. The Labute approximate surface area is 122 Å². The highest BCUT2D eigenvalue weighted by Crippen LogP contribution is 2.30. The van der Waals surface area contributed by atoms with E-state index >= 15 is 0 Å². The number of hydrogen-bond acceptors (Lipinski definition) is 4. The van der Waals surface area contributed by atoms with E-state index in [1.165, 1.54) is 25.3 Å². The average molecular weight is 373 g/mol. The number of sulfonamides is 1. The molecule has 0 aromatic heterocycles. The molecule has 6 nitrogen and oxygen atoms in total. The van der Waals surface area contributed by atoms with Crippen molar-refractivity contribution >= 4 is 43.2 Å². The van der Waals surface area contributed by atoms with Crippen molar-refractivity contribution in [3.8, 4) is 5.75 Å². The molecule has 0 aliphatic carbocycles. The normalized spacial score (nSPS) is 11.8. The summed E-state index contributed by atoms with van der Waals surface area (Å²) in [4.78, 5) is 7.38. The molecule has 0 radical (unpaired) electrons. The lowest BCUT2D eigenvalue weighted by atomic mass is 10.2. The fraction of sp³-hybridized carbons (Fsp3) is 0.300. The van der Waals surface area contributed by atoms with Crippen LogP contribution in [0.15, 0.2) is 18.2 Å². The zero-order valence-electron chi connectivity index (χ0n) is 10.4. The Morgan fingerprint density at radius 3 is 2.45 bits per heavy atom. The highest BCUT2D eigenvalue weighted by atomic mass is 79.9. The maximum Gasteiger partial charge on any atom is 0.378 e. The van der Waals surface area contributed by atoms with E-state index in [-0.39, 0.29) is 17.1 Å². The van der Waals surface area contributed by atoms with Crippen LogP contribution in [0.1, 0.15) is 0 Å². The summed E-state index contributed by atoms with van der Waals surface area (Å²) in [6.07, 6.45) is 0.952. The van der Waals surface area contributed by atoms with Gasteiger partial charge >= 0.3 is 10.7 Å². The third kappa shape index (κ3) is 4.93. The summed E-state index contributed by atoms with van der Waals surface area (Å²) < 4.78 is 54.7. The molecule has 0 aliphatic heterocycles. The van der Waals surface area contributed by atoms with Crippen molar-refractivity contribution in [3.63, 3.8) is 0 Å². The van der Waals surface area contributed by atoms with Gasteiger partial charge in [-0.25, -0.2) is 8.42 Å². The van der Waals surface area contributed by atoms with E-state index in [9.17, 15) is 22.0 Å². The zero-order valence-corrected chi connectivity index (χ0v) is 12.8. The van der Waals surface area contributed by atoms with Crippen LogP contribution in [0.5, 0.6) is 5.75 Å². The summed E-state index contributed by atoms with van der Waals surface area (Å²) in [7, 11) is -2.24. The fourth-order valence-electron chi connectivity index (χ4n) is 1.25. The van der Waals surface area contributed by atoms with Crippen molar-refractivity contribution in [1.29, 1.82) is 0 Å². The number of hydrogen-bond donors (Lipinski definition) is 2. The number of alkyl halides is 3. The van der Waals surface area contributed by atoms with E-state index in [1.54, 1.807) is 0 Å². The Bertz CT molecular complexity index is 616. The Morgan fingerprint density at radius 2 is 2.00 bits per heavy atom. The molecule has 20 heavy (non-hydrogen) atoms. The number of carbonyl (C=O) groups excluding carboxylic acids is 1. The summed E-state index contributed by atoms with van der Waals surface area (Å²) in [5.41, 5.74) is 0.156. The molecule has 1 rings (SSSR count). The van der Waals surface area contributed by atoms with Crippen LogP contribution in [-0.4, -0.2) is 32.5 Å². The van der Waals surface area contributed by atoms with Crippen molar-refractivity contribution < 1.29 is 26.7 Å². The Morgan fingerprint density at radius 1 is 1.40 bits per heavy atom. The van der Waals surface area contributed by atoms with Crippen LogP contribution < -0.4 is 14.8 Å². The van der Waals surface area contributed by atoms with Crippen LogP contribution in [0, 0.1) is 0 Å².